The molecule has 2 N–H and O–H groups in total. The maximum atomic E-state index is 12.9. The van der Waals surface area contributed by atoms with Crippen molar-refractivity contribution in [3.8, 4) is 5.75 Å². The zero-order valence-corrected chi connectivity index (χ0v) is 18.2. The maximum Gasteiger partial charge on any atom is 0.416 e. The van der Waals surface area contributed by atoms with Gasteiger partial charge in [-0.2, -0.15) is 13.2 Å². The summed E-state index contributed by atoms with van der Waals surface area (Å²) in [5.74, 6) is 1.47. The number of aromatic nitrogens is 1. The summed E-state index contributed by atoms with van der Waals surface area (Å²) in [6.07, 6.45) is 0.854. The molecule has 1 saturated heterocycles. The van der Waals surface area contributed by atoms with Crippen molar-refractivity contribution >= 4 is 5.96 Å². The molecule has 0 saturated carbocycles. The quantitative estimate of drug-likeness (QED) is 0.366. The minimum Gasteiger partial charge on any atom is -0.490 e. The SMILES string of the molecule is CCNC(=NCCOc1cccnc1)NC1CCN(Cc2cccc(C(F)(F)F)c2)CC1. The molecule has 0 atom stereocenters. The van der Waals surface area contributed by atoms with E-state index >= 15 is 0 Å². The predicted molar refractivity (Wildman–Crippen MR) is 119 cm³/mol. The minimum atomic E-state index is -4.31. The first kappa shape index (κ1) is 23.8. The molecule has 32 heavy (non-hydrogen) atoms. The van der Waals surface area contributed by atoms with Crippen LogP contribution in [0.15, 0.2) is 53.8 Å². The van der Waals surface area contributed by atoms with Gasteiger partial charge in [0.2, 0.25) is 0 Å². The summed E-state index contributed by atoms with van der Waals surface area (Å²) in [6.45, 7) is 5.90. The number of nitrogens with one attached hydrogen (secondary N) is 2. The van der Waals surface area contributed by atoms with Crippen LogP contribution in [0.2, 0.25) is 0 Å². The van der Waals surface area contributed by atoms with Crippen LogP contribution in [0.3, 0.4) is 0 Å². The zero-order chi connectivity index (χ0) is 22.8. The summed E-state index contributed by atoms with van der Waals surface area (Å²) < 4.78 is 44.4. The van der Waals surface area contributed by atoms with Crippen LogP contribution >= 0.6 is 0 Å². The van der Waals surface area contributed by atoms with Gasteiger partial charge in [-0.15, -0.1) is 0 Å². The Bertz CT molecular complexity index is 852. The van der Waals surface area contributed by atoms with Crippen LogP contribution < -0.4 is 15.4 Å². The molecule has 0 aliphatic carbocycles. The third-order valence-corrected chi connectivity index (χ3v) is 5.20. The van der Waals surface area contributed by atoms with E-state index in [4.69, 9.17) is 4.74 Å². The fraction of sp³-hybridized carbons (Fsp3) is 0.478. The molecule has 6 nitrogen and oxygen atoms in total. The number of aliphatic imine (C=N–C) groups is 1. The second-order valence-corrected chi connectivity index (χ2v) is 7.69. The Morgan fingerprint density at radius 2 is 2.03 bits per heavy atom. The largest absolute Gasteiger partial charge is 0.490 e. The lowest BCUT2D eigenvalue weighted by molar-refractivity contribution is -0.137. The average Bonchev–Trinajstić information content (AvgIpc) is 2.78. The smallest absolute Gasteiger partial charge is 0.416 e. The third-order valence-electron chi connectivity index (χ3n) is 5.20. The normalized spacial score (nSPS) is 16.1. The van der Waals surface area contributed by atoms with Crippen LogP contribution in [-0.4, -0.2) is 54.7 Å². The molecular formula is C23H30F3N5O. The number of nitrogens with zero attached hydrogens (tertiary/aromatic N) is 3. The lowest BCUT2D eigenvalue weighted by atomic mass is 10.0. The van der Waals surface area contributed by atoms with Crippen molar-refractivity contribution in [2.45, 2.75) is 38.5 Å². The maximum absolute atomic E-state index is 12.9. The molecule has 3 rings (SSSR count). The average molecular weight is 450 g/mol. The molecule has 9 heteroatoms. The molecule has 0 unspecified atom stereocenters. The Balaban J connectivity index is 1.44. The standard InChI is InChI=1S/C23H30F3N5O/c1-2-28-22(29-11-14-32-21-7-4-10-27-16-21)30-20-8-12-31(13-9-20)17-18-5-3-6-19(15-18)23(24,25)26/h3-7,10,15-16,20H,2,8-9,11-14,17H2,1H3,(H2,28,29,30). The second kappa shape index (κ2) is 11.7. The van der Waals surface area contributed by atoms with Gasteiger partial charge in [0.05, 0.1) is 18.3 Å². The van der Waals surface area contributed by atoms with E-state index in [1.807, 2.05) is 19.1 Å². The van der Waals surface area contributed by atoms with E-state index in [2.05, 4.69) is 25.5 Å². The summed E-state index contributed by atoms with van der Waals surface area (Å²) >= 11 is 0. The number of rotatable bonds is 8. The fourth-order valence-corrected chi connectivity index (χ4v) is 3.61. The van der Waals surface area contributed by atoms with E-state index in [1.165, 1.54) is 12.1 Å². The van der Waals surface area contributed by atoms with Gasteiger partial charge in [-0.25, -0.2) is 4.99 Å². The van der Waals surface area contributed by atoms with E-state index in [0.717, 1.165) is 44.5 Å². The molecule has 1 fully saturated rings. The number of pyridine rings is 1. The van der Waals surface area contributed by atoms with Gasteiger partial charge in [0.15, 0.2) is 5.96 Å². The van der Waals surface area contributed by atoms with E-state index in [1.54, 1.807) is 18.5 Å². The second-order valence-electron chi connectivity index (χ2n) is 7.69. The summed E-state index contributed by atoms with van der Waals surface area (Å²) in [7, 11) is 0. The number of alkyl halides is 3. The molecule has 2 aromatic rings. The highest BCUT2D eigenvalue weighted by atomic mass is 19.4. The number of halogens is 3. The van der Waals surface area contributed by atoms with Gasteiger partial charge in [-0.05, 0) is 43.5 Å². The number of benzene rings is 1. The first-order chi connectivity index (χ1) is 15.4. The van der Waals surface area contributed by atoms with Crippen molar-refractivity contribution in [3.63, 3.8) is 0 Å². The Labute approximate surface area is 186 Å². The molecule has 0 bridgehead atoms. The lowest BCUT2D eigenvalue weighted by Crippen LogP contribution is -2.48. The Morgan fingerprint density at radius 1 is 1.22 bits per heavy atom. The topological polar surface area (TPSA) is 61.8 Å². The van der Waals surface area contributed by atoms with Crippen molar-refractivity contribution in [3.05, 3.63) is 59.9 Å². The van der Waals surface area contributed by atoms with E-state index < -0.39 is 11.7 Å². The number of ether oxygens (including phenoxy) is 1. The highest BCUT2D eigenvalue weighted by molar-refractivity contribution is 5.80. The number of likely N-dealkylation sites (tertiary alicyclic amines) is 1. The number of piperidine rings is 1. The lowest BCUT2D eigenvalue weighted by Gasteiger charge is -2.33. The van der Waals surface area contributed by atoms with Crippen LogP contribution in [0.5, 0.6) is 5.75 Å². The van der Waals surface area contributed by atoms with Crippen molar-refractivity contribution in [1.82, 2.24) is 20.5 Å². The van der Waals surface area contributed by atoms with Crippen LogP contribution in [0.4, 0.5) is 13.2 Å². The van der Waals surface area contributed by atoms with Crippen LogP contribution in [-0.2, 0) is 12.7 Å². The number of hydrogen-bond donors (Lipinski definition) is 2. The molecule has 2 heterocycles. The van der Waals surface area contributed by atoms with Gasteiger partial charge in [0.1, 0.15) is 12.4 Å². The predicted octanol–water partition coefficient (Wildman–Crippen LogP) is 3.70. The Morgan fingerprint density at radius 3 is 2.72 bits per heavy atom. The van der Waals surface area contributed by atoms with Crippen molar-refractivity contribution in [2.24, 2.45) is 4.99 Å². The summed E-state index contributed by atoms with van der Waals surface area (Å²) in [4.78, 5) is 10.8. The van der Waals surface area contributed by atoms with Gasteiger partial charge < -0.3 is 15.4 Å². The zero-order valence-electron chi connectivity index (χ0n) is 18.2. The highest BCUT2D eigenvalue weighted by Gasteiger charge is 2.30. The monoisotopic (exact) mass is 449 g/mol. The summed E-state index contributed by atoms with van der Waals surface area (Å²) in [6, 6.07) is 9.53. The van der Waals surface area contributed by atoms with Crippen LogP contribution in [0.25, 0.3) is 0 Å². The van der Waals surface area contributed by atoms with Crippen molar-refractivity contribution in [2.75, 3.05) is 32.8 Å². The Hall–Kier alpha value is -2.81. The molecule has 0 amide bonds. The minimum absolute atomic E-state index is 0.268. The van der Waals surface area contributed by atoms with E-state index in [9.17, 15) is 13.2 Å². The molecule has 1 aliphatic heterocycles. The molecule has 0 radical (unpaired) electrons. The summed E-state index contributed by atoms with van der Waals surface area (Å²) in [5, 5.41) is 6.72. The van der Waals surface area contributed by atoms with Gasteiger partial charge in [-0.3, -0.25) is 9.88 Å². The number of hydrogen-bond acceptors (Lipinski definition) is 4. The number of guanidine groups is 1. The molecule has 1 aromatic carbocycles. The van der Waals surface area contributed by atoms with Gasteiger partial charge in [0, 0.05) is 38.4 Å². The van der Waals surface area contributed by atoms with Gasteiger partial charge in [0.25, 0.3) is 0 Å². The molecule has 0 spiro atoms. The van der Waals surface area contributed by atoms with Crippen LogP contribution in [0.1, 0.15) is 30.9 Å². The fourth-order valence-electron chi connectivity index (χ4n) is 3.61. The van der Waals surface area contributed by atoms with Crippen molar-refractivity contribution in [1.29, 1.82) is 0 Å². The van der Waals surface area contributed by atoms with Gasteiger partial charge >= 0.3 is 6.18 Å². The molecule has 1 aromatic heterocycles. The van der Waals surface area contributed by atoms with E-state index in [0.29, 0.717) is 31.0 Å². The molecule has 1 aliphatic rings. The Kier molecular flexibility index (Phi) is 8.72. The van der Waals surface area contributed by atoms with Crippen LogP contribution in [0, 0.1) is 0 Å². The highest BCUT2D eigenvalue weighted by Crippen LogP contribution is 2.30. The summed E-state index contributed by atoms with van der Waals surface area (Å²) in [5.41, 5.74) is 0.0975. The van der Waals surface area contributed by atoms with E-state index in [-0.39, 0.29) is 6.04 Å². The molecule has 174 valence electrons. The first-order valence-electron chi connectivity index (χ1n) is 10.9. The van der Waals surface area contributed by atoms with Crippen molar-refractivity contribution < 1.29 is 17.9 Å². The third kappa shape index (κ3) is 7.71. The first-order valence-corrected chi connectivity index (χ1v) is 10.9. The molecular weight excluding hydrogens is 419 g/mol. The van der Waals surface area contributed by atoms with Gasteiger partial charge in [-0.1, -0.05) is 18.2 Å².